The summed E-state index contributed by atoms with van der Waals surface area (Å²) >= 11 is 0. The van der Waals surface area contributed by atoms with Gasteiger partial charge in [-0.2, -0.15) is 8.42 Å². The van der Waals surface area contributed by atoms with E-state index in [1.807, 2.05) is 29.9 Å². The molecule has 2 saturated heterocycles. The fourth-order valence-corrected chi connectivity index (χ4v) is 3.86. The second-order valence-corrected chi connectivity index (χ2v) is 6.61. The van der Waals surface area contributed by atoms with E-state index in [4.69, 9.17) is 4.55 Å². The van der Waals surface area contributed by atoms with E-state index in [0.29, 0.717) is 10.7 Å². The molecule has 0 saturated carbocycles. The zero-order valence-corrected chi connectivity index (χ0v) is 12.6. The molecular weight excluding hydrogens is 333 g/mol. The van der Waals surface area contributed by atoms with Crippen molar-refractivity contribution in [3.63, 3.8) is 0 Å². The van der Waals surface area contributed by atoms with E-state index in [9.17, 15) is 18.0 Å². The number of likely N-dealkylation sites (tertiary alicyclic amines) is 1. The Kier molecular flexibility index (Phi) is 5.07. The van der Waals surface area contributed by atoms with E-state index >= 15 is 0 Å². The Morgan fingerprint density at radius 2 is 2.13 bits per heavy atom. The first-order chi connectivity index (χ1) is 10.3. The van der Waals surface area contributed by atoms with E-state index in [1.54, 1.807) is 6.08 Å². The van der Waals surface area contributed by atoms with Crippen molar-refractivity contribution in [1.82, 2.24) is 13.8 Å². The van der Waals surface area contributed by atoms with Crippen LogP contribution in [0.25, 0.3) is 6.08 Å². The molecule has 2 aliphatic heterocycles. The molecule has 2 atom stereocenters. The minimum absolute atomic E-state index is 0. The van der Waals surface area contributed by atoms with E-state index in [0.717, 1.165) is 5.69 Å². The fourth-order valence-electron chi connectivity index (χ4n) is 2.96. The average molecular weight is 349 g/mol. The van der Waals surface area contributed by atoms with Crippen LogP contribution >= 0.6 is 0 Å². The zero-order chi connectivity index (χ0) is 16.1. The van der Waals surface area contributed by atoms with Gasteiger partial charge in [-0.1, -0.05) is 0 Å². The summed E-state index contributed by atoms with van der Waals surface area (Å²) in [4.78, 5) is 25.4. The first-order valence-electron chi connectivity index (χ1n) is 6.71. The molecule has 0 aromatic carbocycles. The molecule has 8 nitrogen and oxygen atoms in total. The van der Waals surface area contributed by atoms with Gasteiger partial charge in [0.15, 0.2) is 0 Å². The van der Waals surface area contributed by atoms with Gasteiger partial charge in [-0.3, -0.25) is 14.1 Å². The molecule has 3 rings (SSSR count). The Morgan fingerprint density at radius 1 is 1.43 bits per heavy atom. The maximum absolute atomic E-state index is 12.2. The fraction of sp³-hybridized carbons (Fsp3) is 0.385. The first kappa shape index (κ1) is 18.2. The van der Waals surface area contributed by atoms with Crippen LogP contribution in [0.1, 0.15) is 12.1 Å². The van der Waals surface area contributed by atoms with Crippen molar-refractivity contribution in [3.05, 3.63) is 30.1 Å². The van der Waals surface area contributed by atoms with Crippen LogP contribution < -0.4 is 0 Å². The third kappa shape index (κ3) is 3.11. The van der Waals surface area contributed by atoms with Gasteiger partial charge in [-0.05, 0) is 24.6 Å². The van der Waals surface area contributed by atoms with Crippen molar-refractivity contribution in [2.45, 2.75) is 18.5 Å². The van der Waals surface area contributed by atoms with Crippen LogP contribution in [-0.2, 0) is 26.9 Å². The molecule has 1 aromatic heterocycles. The third-order valence-corrected chi connectivity index (χ3v) is 5.00. The molecular formula is C13H16N3NaO5S. The van der Waals surface area contributed by atoms with Crippen molar-refractivity contribution < 1.29 is 22.6 Å². The second kappa shape index (κ2) is 6.40. The standard InChI is InChI=1S/C13H15N3O5S.Na.H/c1-14-7-2-3-9(14)4-5-11(17)15-8-6-10-12(15)13(18)16(10)22(19,20)21;;/h2-5,7,10,12H,6,8H2,1H3,(H,19,20,21);;/t10-,12+;;/m1../s1. The van der Waals surface area contributed by atoms with E-state index in [-0.39, 0.29) is 42.0 Å². The van der Waals surface area contributed by atoms with Crippen LogP contribution in [0.4, 0.5) is 0 Å². The van der Waals surface area contributed by atoms with Gasteiger partial charge in [0.05, 0.1) is 6.04 Å². The summed E-state index contributed by atoms with van der Waals surface area (Å²) in [5.74, 6) is -1.11. The van der Waals surface area contributed by atoms with E-state index in [2.05, 4.69) is 0 Å². The molecule has 23 heavy (non-hydrogen) atoms. The molecule has 2 fully saturated rings. The van der Waals surface area contributed by atoms with E-state index < -0.39 is 28.3 Å². The van der Waals surface area contributed by atoms with Crippen molar-refractivity contribution in [3.8, 4) is 0 Å². The van der Waals surface area contributed by atoms with Crippen LogP contribution in [0.5, 0.6) is 0 Å². The van der Waals surface area contributed by atoms with Gasteiger partial charge in [0.1, 0.15) is 6.04 Å². The van der Waals surface area contributed by atoms with Crippen LogP contribution in [0, 0.1) is 0 Å². The van der Waals surface area contributed by atoms with Crippen molar-refractivity contribution in [1.29, 1.82) is 0 Å². The Morgan fingerprint density at radius 3 is 2.70 bits per heavy atom. The molecule has 0 unspecified atom stereocenters. The summed E-state index contributed by atoms with van der Waals surface area (Å²) in [6.45, 7) is 0.281. The van der Waals surface area contributed by atoms with E-state index in [1.165, 1.54) is 11.0 Å². The molecule has 10 heteroatoms. The molecule has 2 aliphatic rings. The van der Waals surface area contributed by atoms with Gasteiger partial charge < -0.3 is 9.47 Å². The van der Waals surface area contributed by atoms with Gasteiger partial charge in [0, 0.05) is 31.6 Å². The quantitative estimate of drug-likeness (QED) is 0.327. The zero-order valence-electron chi connectivity index (χ0n) is 11.8. The number of amides is 2. The summed E-state index contributed by atoms with van der Waals surface area (Å²) in [6, 6.07) is 2.23. The summed E-state index contributed by atoms with van der Waals surface area (Å²) in [7, 11) is -2.70. The average Bonchev–Trinajstić information content (AvgIpc) is 2.98. The molecule has 0 radical (unpaired) electrons. The molecule has 120 valence electrons. The normalized spacial score (nSPS) is 23.7. The Bertz CT molecular complexity index is 772. The number of carbonyl (C=O) groups excluding carboxylic acids is 2. The predicted molar refractivity (Wildman–Crippen MR) is 83.9 cm³/mol. The molecule has 0 bridgehead atoms. The Balaban J connectivity index is 0.00000192. The van der Waals surface area contributed by atoms with Gasteiger partial charge in [-0.15, -0.1) is 0 Å². The predicted octanol–water partition coefficient (Wildman–Crippen LogP) is -0.996. The van der Waals surface area contributed by atoms with Crippen LogP contribution in [-0.4, -0.2) is 86.7 Å². The van der Waals surface area contributed by atoms with Gasteiger partial charge >= 0.3 is 39.9 Å². The number of fused-ring (bicyclic) bond motifs is 1. The second-order valence-electron chi connectivity index (χ2n) is 5.32. The summed E-state index contributed by atoms with van der Waals surface area (Å²) in [6.07, 6.45) is 5.18. The Labute approximate surface area is 155 Å². The van der Waals surface area contributed by atoms with Gasteiger partial charge in [0.25, 0.3) is 5.91 Å². The van der Waals surface area contributed by atoms with Gasteiger partial charge in [0.2, 0.25) is 5.91 Å². The number of carbonyl (C=O) groups is 2. The number of nitrogens with zero attached hydrogens (tertiary/aromatic N) is 3. The SMILES string of the molecule is Cn1cccc1C=CC(=O)N1CC[C@@H]2[C@H]1C(=O)N2S(=O)(=O)O.[NaH]. The van der Waals surface area contributed by atoms with Crippen molar-refractivity contribution >= 4 is 57.8 Å². The minimum atomic E-state index is -4.55. The van der Waals surface area contributed by atoms with Crippen LogP contribution in [0.2, 0.25) is 0 Å². The van der Waals surface area contributed by atoms with Gasteiger partial charge in [-0.25, -0.2) is 4.31 Å². The monoisotopic (exact) mass is 349 g/mol. The summed E-state index contributed by atoms with van der Waals surface area (Å²) in [5.41, 5.74) is 0.837. The molecule has 0 spiro atoms. The first-order valence-corrected chi connectivity index (χ1v) is 8.11. The summed E-state index contributed by atoms with van der Waals surface area (Å²) < 4.78 is 33.5. The topological polar surface area (TPSA) is 99.9 Å². The molecule has 1 aromatic rings. The number of β-lactam (4-membered cyclic amide) rings is 1. The van der Waals surface area contributed by atoms with Crippen molar-refractivity contribution in [2.24, 2.45) is 7.05 Å². The van der Waals surface area contributed by atoms with Crippen molar-refractivity contribution in [2.75, 3.05) is 6.54 Å². The van der Waals surface area contributed by atoms with Crippen LogP contribution in [0.3, 0.4) is 0 Å². The number of hydrogen-bond donors (Lipinski definition) is 1. The van der Waals surface area contributed by atoms with Crippen LogP contribution in [0.15, 0.2) is 24.4 Å². The number of aryl methyl sites for hydroxylation is 1. The molecule has 1 N–H and O–H groups in total. The molecule has 3 heterocycles. The third-order valence-electron chi connectivity index (χ3n) is 4.05. The number of hydrogen-bond acceptors (Lipinski definition) is 4. The molecule has 0 aliphatic carbocycles. The Hall–Kier alpha value is -1.13. The number of aromatic nitrogens is 1. The maximum atomic E-state index is 12.2. The summed E-state index contributed by atoms with van der Waals surface area (Å²) in [5, 5.41) is 0. The number of rotatable bonds is 3. The molecule has 2 amide bonds.